The van der Waals surface area contributed by atoms with Crippen molar-refractivity contribution in [1.82, 2.24) is 0 Å². The van der Waals surface area contributed by atoms with Crippen LogP contribution in [0.5, 0.6) is 0 Å². The van der Waals surface area contributed by atoms with E-state index in [0.717, 1.165) is 51.4 Å². The van der Waals surface area contributed by atoms with E-state index in [4.69, 9.17) is 4.74 Å². The maximum absolute atomic E-state index is 12.9. The Balaban J connectivity index is 1.50. The molecule has 5 aliphatic carbocycles. The maximum atomic E-state index is 12.9. The van der Waals surface area contributed by atoms with Gasteiger partial charge in [0.15, 0.2) is 0 Å². The number of aliphatic carboxylic acids is 1. The molecule has 4 unspecified atom stereocenters. The van der Waals surface area contributed by atoms with E-state index >= 15 is 0 Å². The van der Waals surface area contributed by atoms with Gasteiger partial charge in [0.25, 0.3) is 0 Å². The number of esters is 1. The summed E-state index contributed by atoms with van der Waals surface area (Å²) in [5, 5.41) is 19.9. The lowest BCUT2D eigenvalue weighted by molar-refractivity contribution is -0.252. The third kappa shape index (κ3) is 3.50. The summed E-state index contributed by atoms with van der Waals surface area (Å²) in [6.07, 6.45) is 10.3. The quantitative estimate of drug-likeness (QED) is 0.406. The van der Waals surface area contributed by atoms with Crippen molar-refractivity contribution in [3.05, 3.63) is 0 Å². The molecule has 0 aliphatic heterocycles. The fourth-order valence-corrected chi connectivity index (χ4v) is 12.1. The molecule has 0 aromatic carbocycles. The third-order valence-corrected chi connectivity index (χ3v) is 14.1. The zero-order valence-corrected chi connectivity index (χ0v) is 24.4. The number of aliphatic hydroxyl groups is 1. The SMILES string of the molecule is CC(C)[C@@H]1CC[C@]2(C(=O)O)CC[C@]3(C)C(CCC4[C@@]5(C)CC[C@@H](OC(=O)CO)C(C)(C)C5CC[C@]43C)C12. The van der Waals surface area contributed by atoms with Crippen molar-refractivity contribution in [3.8, 4) is 0 Å². The normalized spacial score (nSPS) is 50.4. The van der Waals surface area contributed by atoms with Crippen LogP contribution in [0.1, 0.15) is 113 Å². The van der Waals surface area contributed by atoms with Crippen LogP contribution in [0, 0.1) is 62.6 Å². The first-order valence-corrected chi connectivity index (χ1v) is 15.2. The molecule has 0 aromatic heterocycles. The van der Waals surface area contributed by atoms with Crippen molar-refractivity contribution in [2.45, 2.75) is 119 Å². The standard InChI is InChI=1S/C32H52O5/c1-19(2)20-10-15-32(27(35)36)17-16-30(6)21(26(20)32)8-9-23-29(5)13-12-24(37-25(34)18-33)28(3,4)22(29)11-14-31(23,30)7/h19-24,26,33H,8-18H2,1-7H3,(H,35,36)/t20-,21?,22?,23?,24+,26?,29-,30+,31+,32-/m0/s1. The molecule has 0 heterocycles. The lowest BCUT2D eigenvalue weighted by Gasteiger charge is -2.72. The number of carbonyl (C=O) groups is 2. The highest BCUT2D eigenvalue weighted by Crippen LogP contribution is 2.77. The van der Waals surface area contributed by atoms with Crippen molar-refractivity contribution in [3.63, 3.8) is 0 Å². The minimum absolute atomic E-state index is 0.129. The lowest BCUT2D eigenvalue weighted by Crippen LogP contribution is -2.67. The van der Waals surface area contributed by atoms with E-state index in [-0.39, 0.29) is 27.8 Å². The van der Waals surface area contributed by atoms with Gasteiger partial charge in [-0.15, -0.1) is 0 Å². The number of ether oxygens (including phenoxy) is 1. The highest BCUT2D eigenvalue weighted by molar-refractivity contribution is 5.76. The molecule has 2 N–H and O–H groups in total. The Bertz CT molecular complexity index is 941. The Morgan fingerprint density at radius 2 is 1.54 bits per heavy atom. The van der Waals surface area contributed by atoms with Crippen LogP contribution in [0.15, 0.2) is 0 Å². The van der Waals surface area contributed by atoms with Crippen LogP contribution in [-0.4, -0.2) is 34.9 Å². The predicted octanol–water partition coefficient (Wildman–Crippen LogP) is 6.71. The average Bonchev–Trinajstić information content (AvgIpc) is 3.23. The minimum Gasteiger partial charge on any atom is -0.481 e. The van der Waals surface area contributed by atoms with E-state index in [1.165, 1.54) is 12.8 Å². The molecule has 210 valence electrons. The Morgan fingerprint density at radius 1 is 0.838 bits per heavy atom. The molecule has 5 fully saturated rings. The molecule has 0 bridgehead atoms. The van der Waals surface area contributed by atoms with Crippen molar-refractivity contribution in [2.75, 3.05) is 6.61 Å². The number of aliphatic hydroxyl groups excluding tert-OH is 1. The second kappa shape index (κ2) is 8.70. The molecular formula is C32H52O5. The summed E-state index contributed by atoms with van der Waals surface area (Å²) in [5.41, 5.74) is -0.104. The number of fused-ring (bicyclic) bond motifs is 7. The van der Waals surface area contributed by atoms with Crippen molar-refractivity contribution in [2.24, 2.45) is 62.6 Å². The summed E-state index contributed by atoms with van der Waals surface area (Å²) in [5.74, 6) is 1.89. The fourth-order valence-electron chi connectivity index (χ4n) is 12.1. The van der Waals surface area contributed by atoms with E-state index in [1.807, 2.05) is 0 Å². The molecule has 5 aliphatic rings. The smallest absolute Gasteiger partial charge is 0.332 e. The summed E-state index contributed by atoms with van der Waals surface area (Å²) >= 11 is 0. The summed E-state index contributed by atoms with van der Waals surface area (Å²) in [6.45, 7) is 16.3. The zero-order valence-electron chi connectivity index (χ0n) is 24.4. The van der Waals surface area contributed by atoms with E-state index < -0.39 is 24.0 Å². The van der Waals surface area contributed by atoms with Crippen molar-refractivity contribution >= 4 is 11.9 Å². The Morgan fingerprint density at radius 3 is 2.16 bits per heavy atom. The van der Waals surface area contributed by atoms with Gasteiger partial charge in [0.2, 0.25) is 0 Å². The number of carbonyl (C=O) groups excluding carboxylic acids is 1. The van der Waals surface area contributed by atoms with Crippen LogP contribution >= 0.6 is 0 Å². The molecule has 5 nitrogen and oxygen atoms in total. The molecule has 5 rings (SSSR count). The van der Waals surface area contributed by atoms with Crippen molar-refractivity contribution in [1.29, 1.82) is 0 Å². The summed E-state index contributed by atoms with van der Waals surface area (Å²) in [7, 11) is 0. The second-order valence-corrected chi connectivity index (χ2v) is 15.6. The fraction of sp³-hybridized carbons (Fsp3) is 0.938. The number of hydrogen-bond donors (Lipinski definition) is 2. The van der Waals surface area contributed by atoms with E-state index in [1.54, 1.807) is 0 Å². The molecule has 37 heavy (non-hydrogen) atoms. The van der Waals surface area contributed by atoms with Crippen molar-refractivity contribution < 1.29 is 24.5 Å². The molecule has 0 spiro atoms. The number of carboxylic acid groups (broad SMARTS) is 1. The molecule has 0 radical (unpaired) electrons. The first-order valence-electron chi connectivity index (χ1n) is 15.2. The van der Waals surface area contributed by atoms with E-state index in [0.29, 0.717) is 35.5 Å². The number of carboxylic acids is 1. The lowest BCUT2D eigenvalue weighted by atomic mass is 9.32. The van der Waals surface area contributed by atoms with Gasteiger partial charge < -0.3 is 14.9 Å². The highest BCUT2D eigenvalue weighted by Gasteiger charge is 2.72. The van der Waals surface area contributed by atoms with Crippen LogP contribution < -0.4 is 0 Å². The van der Waals surface area contributed by atoms with Gasteiger partial charge in [0.1, 0.15) is 12.7 Å². The molecular weight excluding hydrogens is 464 g/mol. The van der Waals surface area contributed by atoms with Gasteiger partial charge in [-0.1, -0.05) is 48.5 Å². The Hall–Kier alpha value is -1.10. The van der Waals surface area contributed by atoms with Crippen LogP contribution in [0.2, 0.25) is 0 Å². The van der Waals surface area contributed by atoms with Gasteiger partial charge in [-0.05, 0) is 116 Å². The molecule has 5 saturated carbocycles. The first-order chi connectivity index (χ1) is 17.2. The highest BCUT2D eigenvalue weighted by atomic mass is 16.6. The maximum Gasteiger partial charge on any atom is 0.332 e. The molecule has 5 heteroatoms. The topological polar surface area (TPSA) is 83.8 Å². The third-order valence-electron chi connectivity index (χ3n) is 14.1. The molecule has 10 atom stereocenters. The van der Waals surface area contributed by atoms with Crippen LogP contribution in [-0.2, 0) is 14.3 Å². The van der Waals surface area contributed by atoms with Gasteiger partial charge in [-0.25, -0.2) is 4.79 Å². The Kier molecular flexibility index (Phi) is 6.46. The largest absolute Gasteiger partial charge is 0.481 e. The predicted molar refractivity (Wildman–Crippen MR) is 144 cm³/mol. The number of hydrogen-bond acceptors (Lipinski definition) is 4. The molecule has 0 saturated heterocycles. The van der Waals surface area contributed by atoms with Crippen LogP contribution in [0.3, 0.4) is 0 Å². The van der Waals surface area contributed by atoms with E-state index in [9.17, 15) is 19.8 Å². The second-order valence-electron chi connectivity index (χ2n) is 15.6. The molecule has 0 amide bonds. The van der Waals surface area contributed by atoms with Crippen LogP contribution in [0.4, 0.5) is 0 Å². The van der Waals surface area contributed by atoms with Gasteiger partial charge >= 0.3 is 11.9 Å². The Labute approximate surface area is 224 Å². The zero-order chi connectivity index (χ0) is 27.2. The van der Waals surface area contributed by atoms with E-state index in [2.05, 4.69) is 48.5 Å². The summed E-state index contributed by atoms with van der Waals surface area (Å²) in [4.78, 5) is 24.9. The number of rotatable bonds is 4. The van der Waals surface area contributed by atoms with Gasteiger partial charge in [0, 0.05) is 5.41 Å². The minimum atomic E-state index is -0.550. The van der Waals surface area contributed by atoms with Gasteiger partial charge in [-0.3, -0.25) is 4.79 Å². The first kappa shape index (κ1) is 27.5. The summed E-state index contributed by atoms with van der Waals surface area (Å²) in [6, 6.07) is 0. The van der Waals surface area contributed by atoms with Crippen LogP contribution in [0.25, 0.3) is 0 Å². The average molecular weight is 517 g/mol. The monoisotopic (exact) mass is 516 g/mol. The molecule has 0 aromatic rings. The van der Waals surface area contributed by atoms with Gasteiger partial charge in [-0.2, -0.15) is 0 Å². The summed E-state index contributed by atoms with van der Waals surface area (Å²) < 4.78 is 5.79. The van der Waals surface area contributed by atoms with Gasteiger partial charge in [0.05, 0.1) is 5.41 Å².